The highest BCUT2D eigenvalue weighted by Crippen LogP contribution is 2.27. The van der Waals surface area contributed by atoms with Crippen molar-refractivity contribution >= 4 is 17.5 Å². The predicted molar refractivity (Wildman–Crippen MR) is 86.9 cm³/mol. The summed E-state index contributed by atoms with van der Waals surface area (Å²) in [6, 6.07) is 5.29. The molecule has 3 heterocycles. The number of hydrogen-bond acceptors (Lipinski definition) is 4. The predicted octanol–water partition coefficient (Wildman–Crippen LogP) is 2.88. The molecule has 1 aliphatic heterocycles. The first-order valence-corrected chi connectivity index (χ1v) is 8.14. The number of aromatic nitrogens is 3. The molecule has 6 nitrogen and oxygen atoms in total. The molecule has 23 heavy (non-hydrogen) atoms. The number of carbonyl (C=O) groups excluding carboxylic acids is 1. The highest BCUT2D eigenvalue weighted by molar-refractivity contribution is 6.33. The van der Waals surface area contributed by atoms with E-state index in [9.17, 15) is 4.79 Å². The van der Waals surface area contributed by atoms with Crippen molar-refractivity contribution in [3.05, 3.63) is 40.8 Å². The number of ether oxygens (including phenoxy) is 1. The zero-order valence-corrected chi connectivity index (χ0v) is 13.7. The molecule has 1 saturated heterocycles. The van der Waals surface area contributed by atoms with Crippen LogP contribution in [0.4, 0.5) is 0 Å². The minimum absolute atomic E-state index is 0.152. The van der Waals surface area contributed by atoms with E-state index in [-0.39, 0.29) is 17.5 Å². The van der Waals surface area contributed by atoms with Crippen molar-refractivity contribution in [2.45, 2.75) is 25.7 Å². The Morgan fingerprint density at radius 2 is 2.35 bits per heavy atom. The summed E-state index contributed by atoms with van der Waals surface area (Å²) >= 11 is 6.16. The quantitative estimate of drug-likeness (QED) is 0.933. The number of pyridine rings is 1. The number of nitrogens with one attached hydrogen (secondary N) is 1. The Hall–Kier alpha value is -2.08. The maximum Gasteiger partial charge on any atom is 0.274 e. The lowest BCUT2D eigenvalue weighted by atomic mass is 9.94. The van der Waals surface area contributed by atoms with Crippen molar-refractivity contribution in [2.75, 3.05) is 19.7 Å². The number of rotatable bonds is 4. The van der Waals surface area contributed by atoms with Crippen LogP contribution in [-0.4, -0.2) is 45.7 Å². The SMILES string of the molecule is CCOc1ccc(Cl)c(C(=O)N2CCCC(c3ccn[nH]3)C2)n1. The molecule has 1 N–H and O–H groups in total. The van der Waals surface area contributed by atoms with E-state index in [1.165, 1.54) is 0 Å². The van der Waals surface area contributed by atoms with E-state index in [0.717, 1.165) is 18.5 Å². The third kappa shape index (κ3) is 3.47. The first-order valence-electron chi connectivity index (χ1n) is 7.77. The van der Waals surface area contributed by atoms with Crippen molar-refractivity contribution in [3.63, 3.8) is 0 Å². The number of hydrogen-bond donors (Lipinski definition) is 1. The van der Waals surface area contributed by atoms with E-state index in [1.807, 2.05) is 13.0 Å². The van der Waals surface area contributed by atoms with Crippen LogP contribution in [0, 0.1) is 0 Å². The number of H-pyrrole nitrogens is 1. The number of amides is 1. The Bertz CT molecular complexity index is 675. The van der Waals surface area contributed by atoms with Crippen LogP contribution in [0.5, 0.6) is 5.88 Å². The van der Waals surface area contributed by atoms with Gasteiger partial charge in [0, 0.05) is 37.0 Å². The van der Waals surface area contributed by atoms with Crippen LogP contribution in [0.25, 0.3) is 0 Å². The second kappa shape index (κ2) is 7.00. The topological polar surface area (TPSA) is 71.1 Å². The number of likely N-dealkylation sites (tertiary alicyclic amines) is 1. The van der Waals surface area contributed by atoms with Gasteiger partial charge in [0.25, 0.3) is 5.91 Å². The second-order valence-electron chi connectivity index (χ2n) is 5.52. The minimum atomic E-state index is -0.152. The minimum Gasteiger partial charge on any atom is -0.478 e. The lowest BCUT2D eigenvalue weighted by Gasteiger charge is -2.32. The third-order valence-corrected chi connectivity index (χ3v) is 4.29. The van der Waals surface area contributed by atoms with Crippen molar-refractivity contribution in [1.82, 2.24) is 20.1 Å². The van der Waals surface area contributed by atoms with Crippen LogP contribution >= 0.6 is 11.6 Å². The van der Waals surface area contributed by atoms with Crippen LogP contribution in [0.2, 0.25) is 5.02 Å². The van der Waals surface area contributed by atoms with Gasteiger partial charge >= 0.3 is 0 Å². The molecular formula is C16H19ClN4O2. The molecule has 1 fully saturated rings. The van der Waals surface area contributed by atoms with Crippen molar-refractivity contribution < 1.29 is 9.53 Å². The van der Waals surface area contributed by atoms with E-state index in [2.05, 4.69) is 15.2 Å². The third-order valence-electron chi connectivity index (χ3n) is 3.99. The average molecular weight is 335 g/mol. The Morgan fingerprint density at radius 3 is 3.09 bits per heavy atom. The van der Waals surface area contributed by atoms with Crippen molar-refractivity contribution in [3.8, 4) is 5.88 Å². The normalized spacial score (nSPS) is 18.0. The maximum absolute atomic E-state index is 12.8. The van der Waals surface area contributed by atoms with Crippen LogP contribution < -0.4 is 4.74 Å². The summed E-state index contributed by atoms with van der Waals surface area (Å²) in [4.78, 5) is 18.9. The summed E-state index contributed by atoms with van der Waals surface area (Å²) in [5.41, 5.74) is 1.31. The lowest BCUT2D eigenvalue weighted by molar-refractivity contribution is 0.0699. The molecule has 0 aliphatic carbocycles. The van der Waals surface area contributed by atoms with Gasteiger partial charge in [0.2, 0.25) is 5.88 Å². The maximum atomic E-state index is 12.8. The molecule has 0 bridgehead atoms. The molecule has 0 aromatic carbocycles. The largest absolute Gasteiger partial charge is 0.478 e. The number of piperidine rings is 1. The van der Waals surface area contributed by atoms with Gasteiger partial charge in [-0.15, -0.1) is 0 Å². The van der Waals surface area contributed by atoms with Crippen LogP contribution in [0.3, 0.4) is 0 Å². The molecule has 0 radical (unpaired) electrons. The van der Waals surface area contributed by atoms with Crippen LogP contribution in [-0.2, 0) is 0 Å². The Morgan fingerprint density at radius 1 is 1.48 bits per heavy atom. The summed E-state index contributed by atoms with van der Waals surface area (Å²) in [6.45, 7) is 3.71. The molecule has 2 aromatic rings. The molecule has 0 saturated carbocycles. The van der Waals surface area contributed by atoms with Gasteiger partial charge in [0.15, 0.2) is 5.69 Å². The van der Waals surface area contributed by atoms with Crippen LogP contribution in [0.1, 0.15) is 41.9 Å². The standard InChI is InChI=1S/C16H19ClN4O2/c1-2-23-14-6-5-12(17)15(19-14)16(22)21-9-3-4-11(10-21)13-7-8-18-20-13/h5-8,11H,2-4,9-10H2,1H3,(H,18,20). The average Bonchev–Trinajstić information content (AvgIpc) is 3.11. The molecule has 2 aromatic heterocycles. The molecule has 1 amide bonds. The molecule has 3 rings (SSSR count). The fourth-order valence-electron chi connectivity index (χ4n) is 2.86. The van der Waals surface area contributed by atoms with Gasteiger partial charge in [-0.1, -0.05) is 11.6 Å². The monoisotopic (exact) mass is 334 g/mol. The van der Waals surface area contributed by atoms with Gasteiger partial charge in [0.1, 0.15) is 0 Å². The van der Waals surface area contributed by atoms with E-state index in [0.29, 0.717) is 30.6 Å². The van der Waals surface area contributed by atoms with Gasteiger partial charge in [-0.3, -0.25) is 9.89 Å². The zero-order valence-electron chi connectivity index (χ0n) is 13.0. The molecule has 1 atom stereocenters. The Balaban J connectivity index is 1.78. The second-order valence-corrected chi connectivity index (χ2v) is 5.92. The van der Waals surface area contributed by atoms with Gasteiger partial charge in [-0.25, -0.2) is 4.98 Å². The first kappa shape index (κ1) is 15.8. The van der Waals surface area contributed by atoms with Crippen molar-refractivity contribution in [1.29, 1.82) is 0 Å². The number of aromatic amines is 1. The molecule has 122 valence electrons. The fourth-order valence-corrected chi connectivity index (χ4v) is 3.05. The summed E-state index contributed by atoms with van der Waals surface area (Å²) in [6.07, 6.45) is 3.71. The summed E-state index contributed by atoms with van der Waals surface area (Å²) in [7, 11) is 0. The van der Waals surface area contributed by atoms with E-state index in [1.54, 1.807) is 23.2 Å². The number of halogens is 1. The van der Waals surface area contributed by atoms with Gasteiger partial charge in [-0.05, 0) is 31.9 Å². The van der Waals surface area contributed by atoms with Crippen LogP contribution in [0.15, 0.2) is 24.4 Å². The zero-order chi connectivity index (χ0) is 16.2. The number of nitrogens with zero attached hydrogens (tertiary/aromatic N) is 3. The van der Waals surface area contributed by atoms with Crippen molar-refractivity contribution in [2.24, 2.45) is 0 Å². The highest BCUT2D eigenvalue weighted by atomic mass is 35.5. The summed E-state index contributed by atoms with van der Waals surface area (Å²) in [5.74, 6) is 0.534. The lowest BCUT2D eigenvalue weighted by Crippen LogP contribution is -2.39. The smallest absolute Gasteiger partial charge is 0.274 e. The molecule has 7 heteroatoms. The van der Waals surface area contributed by atoms with Gasteiger partial charge in [-0.2, -0.15) is 5.10 Å². The van der Waals surface area contributed by atoms with Gasteiger partial charge in [0.05, 0.1) is 11.6 Å². The molecule has 0 spiro atoms. The molecule has 1 unspecified atom stereocenters. The van der Waals surface area contributed by atoms with E-state index >= 15 is 0 Å². The molecule has 1 aliphatic rings. The summed E-state index contributed by atoms with van der Waals surface area (Å²) < 4.78 is 5.37. The van der Waals surface area contributed by atoms with Gasteiger partial charge < -0.3 is 9.64 Å². The van der Waals surface area contributed by atoms with E-state index in [4.69, 9.17) is 16.3 Å². The Labute approximate surface area is 139 Å². The summed E-state index contributed by atoms with van der Waals surface area (Å²) in [5, 5.41) is 7.34. The number of carbonyl (C=O) groups is 1. The van der Waals surface area contributed by atoms with E-state index < -0.39 is 0 Å². The first-order chi connectivity index (χ1) is 11.2. The fraction of sp³-hybridized carbons (Fsp3) is 0.438. The molecular weight excluding hydrogens is 316 g/mol. The Kier molecular flexibility index (Phi) is 4.81. The highest BCUT2D eigenvalue weighted by Gasteiger charge is 2.28.